The molecule has 318 valence electrons. The number of carbonyl (C=O) groups excluding carboxylic acids is 4. The number of hydrogen-bond donors (Lipinski definition) is 4. The average Bonchev–Trinajstić information content (AvgIpc) is 3.94. The number of aromatic nitrogens is 1. The molecule has 3 fully saturated rings. The van der Waals surface area contributed by atoms with Crippen molar-refractivity contribution in [3.05, 3.63) is 154 Å². The SMILES string of the molecule is C=CCOC(=O)N1CCC(/C(C2=C(C(=O)O)N3C(=O)[C@@H](NC(=O)/C(=N\OC(c4ccccc4)(c4ccccc4)c4ccccc4)c4csc(N)n4)[C@H]3SC2)=C2/CCNC2=O)CC1. The van der Waals surface area contributed by atoms with Gasteiger partial charge in [-0.3, -0.25) is 19.3 Å². The van der Waals surface area contributed by atoms with E-state index in [9.17, 15) is 29.1 Å². The monoisotopic (exact) mass is 873 g/mol. The fourth-order valence-corrected chi connectivity index (χ4v) is 10.4. The predicted molar refractivity (Wildman–Crippen MR) is 234 cm³/mol. The number of β-lactam (4-membered cyclic amide) rings is 1. The summed E-state index contributed by atoms with van der Waals surface area (Å²) in [4.78, 5) is 81.3. The van der Waals surface area contributed by atoms with Gasteiger partial charge in [0.2, 0.25) is 11.5 Å². The summed E-state index contributed by atoms with van der Waals surface area (Å²) < 4.78 is 5.22. The number of carboxylic acids is 1. The van der Waals surface area contributed by atoms with E-state index in [1.807, 2.05) is 91.0 Å². The molecular weight excluding hydrogens is 831 g/mol. The van der Waals surface area contributed by atoms with Crippen LogP contribution in [0, 0.1) is 5.92 Å². The van der Waals surface area contributed by atoms with Crippen LogP contribution in [-0.2, 0) is 34.4 Å². The Bertz CT molecular complexity index is 2390. The Morgan fingerprint density at radius 3 is 2.11 bits per heavy atom. The Kier molecular flexibility index (Phi) is 12.3. The molecule has 4 amide bonds. The van der Waals surface area contributed by atoms with E-state index in [1.165, 1.54) is 22.7 Å². The fourth-order valence-electron chi connectivity index (χ4n) is 8.45. The van der Waals surface area contributed by atoms with Gasteiger partial charge in [-0.1, -0.05) is 109 Å². The number of rotatable bonds is 13. The van der Waals surface area contributed by atoms with Crippen LogP contribution in [0.2, 0.25) is 0 Å². The maximum Gasteiger partial charge on any atom is 0.410 e. The van der Waals surface area contributed by atoms with Crippen molar-refractivity contribution in [3.8, 4) is 0 Å². The van der Waals surface area contributed by atoms with E-state index in [-0.39, 0.29) is 46.4 Å². The molecule has 2 atom stereocenters. The van der Waals surface area contributed by atoms with E-state index in [4.69, 9.17) is 15.3 Å². The number of ether oxygens (including phenoxy) is 1. The van der Waals surface area contributed by atoms with Crippen molar-refractivity contribution in [2.24, 2.45) is 11.1 Å². The number of allylic oxidation sites excluding steroid dienone is 1. The first-order valence-corrected chi connectivity index (χ1v) is 22.0. The zero-order valence-electron chi connectivity index (χ0n) is 33.4. The number of nitrogens with two attached hydrogens (primary N) is 1. The van der Waals surface area contributed by atoms with Gasteiger partial charge in [0.1, 0.15) is 29.4 Å². The lowest BCUT2D eigenvalue weighted by molar-refractivity contribution is -0.150. The van der Waals surface area contributed by atoms with Crippen LogP contribution in [0.25, 0.3) is 0 Å². The highest BCUT2D eigenvalue weighted by Crippen LogP contribution is 2.46. The van der Waals surface area contributed by atoms with Crippen LogP contribution in [-0.4, -0.2) is 98.8 Å². The fraction of sp³-hybridized carbons (Fsp3) is 0.267. The number of thiazole rings is 1. The number of benzene rings is 3. The summed E-state index contributed by atoms with van der Waals surface area (Å²) in [6, 6.07) is 27.3. The second kappa shape index (κ2) is 18.1. The molecule has 0 unspecified atom stereocenters. The molecule has 62 heavy (non-hydrogen) atoms. The molecule has 0 bridgehead atoms. The van der Waals surface area contributed by atoms with Gasteiger partial charge in [-0.2, -0.15) is 0 Å². The number of anilines is 1. The second-order valence-electron chi connectivity index (χ2n) is 14.9. The Morgan fingerprint density at radius 2 is 1.60 bits per heavy atom. The molecule has 5 N–H and O–H groups in total. The standard InChI is InChI=1S/C45H43N7O8S2/c1-2-24-59-44(58)51-22-19-27(20-23-51)34(31-18-21-47-38(31)53)32-25-61-41-36(40(55)52(41)37(32)42(56)57)49-39(54)35(33-26-62-43(46)48-33)50-60-45(28-12-6-3-7-13-28,29-14-8-4-9-15-29)30-16-10-5-11-17-30/h2-17,26-27,36,41H,1,18-25H2,(H2,46,48)(H,47,53)(H,49,54)(H,56,57)/b34-31+,50-35-/t36-,41-/m1/s1. The number of piperidine rings is 1. The highest BCUT2D eigenvalue weighted by molar-refractivity contribution is 8.00. The van der Waals surface area contributed by atoms with Crippen LogP contribution in [0.5, 0.6) is 0 Å². The first-order valence-electron chi connectivity index (χ1n) is 20.0. The van der Waals surface area contributed by atoms with Crippen LogP contribution in [0.1, 0.15) is 41.6 Å². The third-order valence-corrected chi connectivity index (χ3v) is 13.3. The molecule has 0 radical (unpaired) electrons. The van der Waals surface area contributed by atoms with Crippen LogP contribution < -0.4 is 16.4 Å². The normalized spacial score (nSPS) is 20.2. The third kappa shape index (κ3) is 7.96. The van der Waals surface area contributed by atoms with E-state index < -0.39 is 40.9 Å². The van der Waals surface area contributed by atoms with Crippen molar-refractivity contribution in [1.29, 1.82) is 0 Å². The molecular formula is C45H43N7O8S2. The Hall–Kier alpha value is -6.72. The van der Waals surface area contributed by atoms with Gasteiger partial charge in [0.15, 0.2) is 10.8 Å². The highest BCUT2D eigenvalue weighted by atomic mass is 32.2. The number of carboxylic acid groups (broad SMARTS) is 1. The number of hydrogen-bond acceptors (Lipinski definition) is 12. The maximum atomic E-state index is 14.4. The third-order valence-electron chi connectivity index (χ3n) is 11.3. The summed E-state index contributed by atoms with van der Waals surface area (Å²) in [7, 11) is 0. The van der Waals surface area contributed by atoms with Crippen molar-refractivity contribution in [2.75, 3.05) is 37.7 Å². The molecule has 1 aromatic heterocycles. The van der Waals surface area contributed by atoms with Crippen LogP contribution in [0.3, 0.4) is 0 Å². The van der Waals surface area contributed by atoms with Crippen LogP contribution in [0.15, 0.2) is 137 Å². The molecule has 5 heterocycles. The number of thioether (sulfide) groups is 1. The van der Waals surface area contributed by atoms with Gasteiger partial charge in [0, 0.05) is 53.0 Å². The van der Waals surface area contributed by atoms with Crippen LogP contribution in [0.4, 0.5) is 9.93 Å². The average molecular weight is 874 g/mol. The number of carbonyl (C=O) groups is 5. The number of likely N-dealkylation sites (tertiary alicyclic amines) is 1. The molecule has 15 nitrogen and oxygen atoms in total. The smallest absolute Gasteiger partial charge is 0.410 e. The van der Waals surface area contributed by atoms with Crippen molar-refractivity contribution < 1.29 is 38.7 Å². The van der Waals surface area contributed by atoms with Gasteiger partial charge in [0.05, 0.1) is 0 Å². The van der Waals surface area contributed by atoms with Crippen molar-refractivity contribution >= 4 is 63.7 Å². The number of fused-ring (bicyclic) bond motifs is 1. The molecule has 4 aromatic rings. The number of nitrogens with zero attached hydrogens (tertiary/aromatic N) is 4. The van der Waals surface area contributed by atoms with Gasteiger partial charge < -0.3 is 35.9 Å². The molecule has 0 aliphatic carbocycles. The minimum absolute atomic E-state index is 0.0751. The Morgan fingerprint density at radius 1 is 0.984 bits per heavy atom. The molecule has 4 aliphatic heterocycles. The van der Waals surface area contributed by atoms with Gasteiger partial charge in [-0.15, -0.1) is 23.1 Å². The summed E-state index contributed by atoms with van der Waals surface area (Å²) in [6.07, 6.45) is 2.31. The highest BCUT2D eigenvalue weighted by Gasteiger charge is 2.55. The molecule has 4 aliphatic rings. The lowest BCUT2D eigenvalue weighted by Crippen LogP contribution is -2.71. The summed E-state index contributed by atoms with van der Waals surface area (Å²) in [6.45, 7) is 4.73. The molecule has 0 saturated carbocycles. The molecule has 0 spiro atoms. The van der Waals surface area contributed by atoms with Gasteiger partial charge in [0.25, 0.3) is 11.8 Å². The zero-order valence-corrected chi connectivity index (χ0v) is 35.0. The number of nitrogens with one attached hydrogen (secondary N) is 2. The summed E-state index contributed by atoms with van der Waals surface area (Å²) in [5, 5.41) is 21.9. The second-order valence-corrected chi connectivity index (χ2v) is 16.9. The summed E-state index contributed by atoms with van der Waals surface area (Å²) in [5.41, 5.74) is 7.98. The zero-order chi connectivity index (χ0) is 43.4. The van der Waals surface area contributed by atoms with Gasteiger partial charge in [-0.25, -0.2) is 14.6 Å². The lowest BCUT2D eigenvalue weighted by atomic mass is 9.80. The largest absolute Gasteiger partial charge is 0.477 e. The molecule has 8 rings (SSSR count). The number of aliphatic carboxylic acids is 1. The van der Waals surface area contributed by atoms with E-state index in [0.717, 1.165) is 28.0 Å². The van der Waals surface area contributed by atoms with Crippen LogP contribution >= 0.6 is 23.1 Å². The first kappa shape index (κ1) is 42.0. The number of oxime groups is 1. The Labute approximate surface area is 365 Å². The number of amides is 4. The van der Waals surface area contributed by atoms with Crippen molar-refractivity contribution in [2.45, 2.75) is 36.3 Å². The first-order chi connectivity index (χ1) is 30.1. The Balaban J connectivity index is 1.10. The van der Waals surface area contributed by atoms with E-state index in [1.54, 1.807) is 10.3 Å². The molecule has 17 heteroatoms. The van der Waals surface area contributed by atoms with E-state index in [0.29, 0.717) is 55.6 Å². The van der Waals surface area contributed by atoms with E-state index >= 15 is 0 Å². The molecule has 3 saturated heterocycles. The van der Waals surface area contributed by atoms with Crippen molar-refractivity contribution in [3.63, 3.8) is 0 Å². The minimum Gasteiger partial charge on any atom is -0.477 e. The minimum atomic E-state index is -1.34. The molecule has 3 aromatic carbocycles. The van der Waals surface area contributed by atoms with Gasteiger partial charge >= 0.3 is 12.1 Å². The maximum absolute atomic E-state index is 14.4. The summed E-state index contributed by atoms with van der Waals surface area (Å²) in [5.74, 6) is -3.16. The topological polar surface area (TPSA) is 206 Å². The number of nitrogen functional groups attached to an aromatic ring is 1. The predicted octanol–water partition coefficient (Wildman–Crippen LogP) is 5.03. The summed E-state index contributed by atoms with van der Waals surface area (Å²) >= 11 is 2.39. The van der Waals surface area contributed by atoms with E-state index in [2.05, 4.69) is 27.4 Å². The quantitative estimate of drug-likeness (QED) is 0.0350. The van der Waals surface area contributed by atoms with Gasteiger partial charge in [-0.05, 0) is 36.3 Å². The lowest BCUT2D eigenvalue weighted by Gasteiger charge is -2.50. The van der Waals surface area contributed by atoms with Crippen molar-refractivity contribution in [1.82, 2.24) is 25.4 Å².